The minimum atomic E-state index is -0.571. The summed E-state index contributed by atoms with van der Waals surface area (Å²) < 4.78 is 11.1. The first kappa shape index (κ1) is 18.2. The molecule has 0 aliphatic carbocycles. The van der Waals surface area contributed by atoms with Crippen molar-refractivity contribution in [2.45, 2.75) is 26.0 Å². The smallest absolute Gasteiger partial charge is 0.415 e. The Kier molecular flexibility index (Phi) is 4.87. The second-order valence-electron chi connectivity index (χ2n) is 6.56. The summed E-state index contributed by atoms with van der Waals surface area (Å²) in [4.78, 5) is 23.2. The van der Waals surface area contributed by atoms with E-state index in [4.69, 9.17) is 14.3 Å². The lowest BCUT2D eigenvalue weighted by Gasteiger charge is -2.31. The number of aliphatic hydroxyl groups is 1. The number of hydrogen-bond donors (Lipinski definition) is 1. The van der Waals surface area contributed by atoms with Gasteiger partial charge in [0.05, 0.1) is 18.0 Å². The van der Waals surface area contributed by atoms with E-state index >= 15 is 0 Å². The lowest BCUT2D eigenvalue weighted by molar-refractivity contribution is 0.0734. The van der Waals surface area contributed by atoms with E-state index in [1.165, 1.54) is 0 Å². The van der Waals surface area contributed by atoms with Crippen LogP contribution in [0.2, 0.25) is 0 Å². The zero-order chi connectivity index (χ0) is 19.7. The van der Waals surface area contributed by atoms with Gasteiger partial charge < -0.3 is 19.4 Å². The molecule has 2 aliphatic heterocycles. The average Bonchev–Trinajstić information content (AvgIpc) is 3.07. The molecule has 28 heavy (non-hydrogen) atoms. The number of hydrogen-bond acceptors (Lipinski definition) is 7. The van der Waals surface area contributed by atoms with Crippen molar-refractivity contribution in [3.8, 4) is 16.9 Å². The zero-order valence-electron chi connectivity index (χ0n) is 15.7. The van der Waals surface area contributed by atoms with Crippen molar-refractivity contribution in [3.05, 3.63) is 42.2 Å². The van der Waals surface area contributed by atoms with Gasteiger partial charge in [0.1, 0.15) is 30.7 Å². The fourth-order valence-electron chi connectivity index (χ4n) is 3.35. The number of oxime groups is 1. The summed E-state index contributed by atoms with van der Waals surface area (Å²) in [5, 5.41) is 13.4. The maximum atomic E-state index is 12.2. The van der Waals surface area contributed by atoms with Gasteiger partial charge in [0.2, 0.25) is 0 Å². The molecule has 1 amide bonds. The van der Waals surface area contributed by atoms with Crippen molar-refractivity contribution in [3.63, 3.8) is 0 Å². The van der Waals surface area contributed by atoms with E-state index in [-0.39, 0.29) is 19.3 Å². The summed E-state index contributed by atoms with van der Waals surface area (Å²) in [6.07, 6.45) is 0.731. The highest BCUT2D eigenvalue weighted by molar-refractivity contribution is 5.97. The Labute approximate surface area is 162 Å². The molecular weight excluding hydrogens is 362 g/mol. The number of fused-ring (bicyclic) bond motifs is 3. The molecule has 4 rings (SSSR count). The minimum Gasteiger partial charge on any atom is -0.489 e. The Morgan fingerprint density at radius 3 is 2.89 bits per heavy atom. The van der Waals surface area contributed by atoms with E-state index in [0.29, 0.717) is 23.8 Å². The Morgan fingerprint density at radius 1 is 1.36 bits per heavy atom. The molecule has 2 aromatic rings. The van der Waals surface area contributed by atoms with Gasteiger partial charge in [0.15, 0.2) is 6.10 Å². The van der Waals surface area contributed by atoms with Crippen LogP contribution in [0.5, 0.6) is 5.75 Å². The number of rotatable bonds is 5. The van der Waals surface area contributed by atoms with Crippen molar-refractivity contribution >= 4 is 17.5 Å². The van der Waals surface area contributed by atoms with Crippen LogP contribution in [0, 0.1) is 0 Å². The Balaban J connectivity index is 1.59. The molecule has 146 valence electrons. The third-order valence-electron chi connectivity index (χ3n) is 4.82. The molecule has 2 atom stereocenters. The van der Waals surface area contributed by atoms with Crippen LogP contribution in [0.3, 0.4) is 0 Å². The maximum Gasteiger partial charge on any atom is 0.415 e. The van der Waals surface area contributed by atoms with E-state index in [1.54, 1.807) is 11.1 Å². The van der Waals surface area contributed by atoms with Crippen molar-refractivity contribution in [1.29, 1.82) is 0 Å². The van der Waals surface area contributed by atoms with Gasteiger partial charge >= 0.3 is 6.09 Å². The monoisotopic (exact) mass is 383 g/mol. The van der Waals surface area contributed by atoms with Crippen LogP contribution in [0.1, 0.15) is 19.5 Å². The third kappa shape index (κ3) is 3.16. The molecule has 8 heteroatoms. The van der Waals surface area contributed by atoms with Crippen LogP contribution in [0.15, 0.2) is 41.7 Å². The van der Waals surface area contributed by atoms with Crippen LogP contribution in [-0.4, -0.2) is 53.9 Å². The van der Waals surface area contributed by atoms with Gasteiger partial charge in [-0.3, -0.25) is 9.88 Å². The van der Waals surface area contributed by atoms with Gasteiger partial charge in [0.25, 0.3) is 0 Å². The number of aliphatic hydroxyl groups excluding tert-OH is 1. The highest BCUT2D eigenvalue weighted by Crippen LogP contribution is 2.40. The predicted molar refractivity (Wildman–Crippen MR) is 103 cm³/mol. The Morgan fingerprint density at radius 2 is 2.18 bits per heavy atom. The maximum absolute atomic E-state index is 12.2. The number of amides is 1. The summed E-state index contributed by atoms with van der Waals surface area (Å²) in [6, 6.07) is 9.13. The zero-order valence-corrected chi connectivity index (χ0v) is 15.7. The first-order valence-electron chi connectivity index (χ1n) is 9.13. The number of carbonyl (C=O) groups excluding carboxylic acids is 1. The van der Waals surface area contributed by atoms with Crippen LogP contribution in [-0.2, 0) is 9.57 Å². The van der Waals surface area contributed by atoms with Crippen molar-refractivity contribution in [2.24, 2.45) is 5.16 Å². The molecular formula is C20H21N3O5. The largest absolute Gasteiger partial charge is 0.489 e. The van der Waals surface area contributed by atoms with Crippen molar-refractivity contribution in [2.75, 3.05) is 24.7 Å². The molecule has 0 saturated carbocycles. The van der Waals surface area contributed by atoms with Gasteiger partial charge in [-0.1, -0.05) is 17.3 Å². The number of anilines is 1. The first-order valence-corrected chi connectivity index (χ1v) is 9.13. The third-order valence-corrected chi connectivity index (χ3v) is 4.82. The second-order valence-corrected chi connectivity index (χ2v) is 6.56. The molecule has 0 spiro atoms. The minimum absolute atomic E-state index is 0.228. The summed E-state index contributed by atoms with van der Waals surface area (Å²) in [7, 11) is 0. The van der Waals surface area contributed by atoms with E-state index in [2.05, 4.69) is 10.1 Å². The average molecular weight is 383 g/mol. The highest BCUT2D eigenvalue weighted by Gasteiger charge is 2.46. The molecule has 1 aromatic heterocycles. The van der Waals surface area contributed by atoms with Crippen LogP contribution in [0.4, 0.5) is 10.5 Å². The lowest BCUT2D eigenvalue weighted by Crippen LogP contribution is -2.45. The molecule has 1 N–H and O–H groups in total. The Bertz CT molecular complexity index is 913. The fraction of sp³-hybridized carbons (Fsp3) is 0.350. The van der Waals surface area contributed by atoms with E-state index in [0.717, 1.165) is 16.8 Å². The summed E-state index contributed by atoms with van der Waals surface area (Å²) in [6.45, 7) is 4.27. The molecule has 1 saturated heterocycles. The number of benzene rings is 1. The van der Waals surface area contributed by atoms with Gasteiger partial charge in [-0.2, -0.15) is 0 Å². The predicted octanol–water partition coefficient (Wildman–Crippen LogP) is 2.59. The van der Waals surface area contributed by atoms with Crippen LogP contribution in [0.25, 0.3) is 11.1 Å². The SMILES string of the molecule is CCO/N=C(\C)c1ccc(-c2ccc3c(c2)OC[C@H]2[C@H](CO)OC(=O)N32)cn1. The fourth-order valence-corrected chi connectivity index (χ4v) is 3.35. The summed E-state index contributed by atoms with van der Waals surface area (Å²) in [5.41, 5.74) is 3.93. The molecule has 0 radical (unpaired) electrons. The number of carbonyl (C=O) groups is 1. The molecule has 3 heterocycles. The summed E-state index contributed by atoms with van der Waals surface area (Å²) in [5.74, 6) is 0.599. The lowest BCUT2D eigenvalue weighted by atomic mass is 10.0. The number of cyclic esters (lactones) is 1. The number of nitrogens with zero attached hydrogens (tertiary/aromatic N) is 3. The number of ether oxygens (including phenoxy) is 2. The summed E-state index contributed by atoms with van der Waals surface area (Å²) >= 11 is 0. The van der Waals surface area contributed by atoms with Gasteiger partial charge in [-0.25, -0.2) is 4.79 Å². The standard InChI is InChI=1S/C20H21N3O5/c1-3-27-22-12(2)15-6-4-14(9-21-15)13-5-7-16-18(8-13)26-11-17-19(10-24)28-20(25)23(16)17/h4-9,17,19,24H,3,10-11H2,1-2H3/b22-12+/t17-,19-/m0/s1. The van der Waals surface area contributed by atoms with Gasteiger partial charge in [-0.15, -0.1) is 0 Å². The normalized spacial score (nSPS) is 20.9. The Hall–Kier alpha value is -3.13. The molecule has 1 aromatic carbocycles. The van der Waals surface area contributed by atoms with Gasteiger partial charge in [0, 0.05) is 11.8 Å². The second kappa shape index (κ2) is 7.47. The molecule has 8 nitrogen and oxygen atoms in total. The quantitative estimate of drug-likeness (QED) is 0.630. The van der Waals surface area contributed by atoms with Crippen LogP contribution < -0.4 is 9.64 Å². The van der Waals surface area contributed by atoms with Gasteiger partial charge in [-0.05, 0) is 37.6 Å². The number of pyridine rings is 1. The van der Waals surface area contributed by atoms with Crippen molar-refractivity contribution in [1.82, 2.24) is 4.98 Å². The van der Waals surface area contributed by atoms with E-state index in [1.807, 2.05) is 44.2 Å². The molecule has 2 aliphatic rings. The number of aromatic nitrogens is 1. The molecule has 1 fully saturated rings. The van der Waals surface area contributed by atoms with E-state index < -0.39 is 12.2 Å². The highest BCUT2D eigenvalue weighted by atomic mass is 16.6. The topological polar surface area (TPSA) is 93.5 Å². The molecule has 0 bridgehead atoms. The first-order chi connectivity index (χ1) is 13.6. The van der Waals surface area contributed by atoms with Crippen molar-refractivity contribution < 1.29 is 24.2 Å². The van der Waals surface area contributed by atoms with Crippen LogP contribution >= 0.6 is 0 Å². The van der Waals surface area contributed by atoms with E-state index in [9.17, 15) is 9.90 Å². The molecule has 0 unspecified atom stereocenters.